The van der Waals surface area contributed by atoms with Crippen LogP contribution in [0.4, 0.5) is 0 Å². The van der Waals surface area contributed by atoms with Gasteiger partial charge in [0.1, 0.15) is 13.2 Å². The Morgan fingerprint density at radius 1 is 0.400 bits per heavy atom. The molecule has 0 spiro atoms. The molecule has 0 heterocycles. The van der Waals surface area contributed by atoms with Crippen molar-refractivity contribution >= 4 is 17.9 Å². The topological polar surface area (TPSA) is 111 Å². The minimum absolute atomic E-state index is 0.132. The molecule has 9 nitrogen and oxygen atoms in total. The van der Waals surface area contributed by atoms with E-state index in [0.717, 1.165) is 116 Å². The van der Waals surface area contributed by atoms with Crippen LogP contribution in [0.1, 0.15) is 194 Å². The maximum absolute atomic E-state index is 12.9. The predicted octanol–water partition coefficient (Wildman–Crippen LogP) is 15.9. The van der Waals surface area contributed by atoms with Gasteiger partial charge in [0.25, 0.3) is 0 Å². The van der Waals surface area contributed by atoms with Gasteiger partial charge in [0.2, 0.25) is 0 Å². The summed E-state index contributed by atoms with van der Waals surface area (Å²) in [4.78, 5) is 37.2. The maximum Gasteiger partial charge on any atom is 0.306 e. The number of rotatable bonds is 51. The van der Waals surface area contributed by atoms with E-state index in [9.17, 15) is 19.5 Å². The number of unbranched alkanes of at least 4 members (excludes halogenated alkanes) is 12. The molecular weight excluding hydrogens is 935 g/mol. The first-order chi connectivity index (χ1) is 36.6. The smallest absolute Gasteiger partial charge is 0.306 e. The number of nitrogens with zero attached hydrogens (tertiary/aromatic N) is 1. The molecule has 0 aliphatic heterocycles. The van der Waals surface area contributed by atoms with Gasteiger partial charge in [0.05, 0.1) is 40.3 Å². The van der Waals surface area contributed by atoms with Gasteiger partial charge in [-0.25, -0.2) is 0 Å². The minimum Gasteiger partial charge on any atom is -0.545 e. The molecule has 0 N–H and O–H groups in total. The molecule has 2 atom stereocenters. The highest BCUT2D eigenvalue weighted by atomic mass is 16.7. The van der Waals surface area contributed by atoms with E-state index in [1.165, 1.54) is 38.5 Å². The molecule has 0 aromatic rings. The number of hydrogen-bond donors (Lipinski definition) is 0. The predicted molar refractivity (Wildman–Crippen MR) is 315 cm³/mol. The number of ether oxygens (including phenoxy) is 4. The van der Waals surface area contributed by atoms with Crippen molar-refractivity contribution in [2.75, 3.05) is 47.5 Å². The Hall–Kier alpha value is -4.83. The quantitative estimate of drug-likeness (QED) is 0.0195. The average Bonchev–Trinajstić information content (AvgIpc) is 3.38. The molecule has 422 valence electrons. The Morgan fingerprint density at radius 2 is 0.720 bits per heavy atom. The van der Waals surface area contributed by atoms with Gasteiger partial charge < -0.3 is 33.3 Å². The third-order valence-corrected chi connectivity index (χ3v) is 11.6. The number of carbonyl (C=O) groups is 3. The molecule has 0 bridgehead atoms. The average molecular weight is 1040 g/mol. The molecule has 0 aromatic carbocycles. The lowest BCUT2D eigenvalue weighted by molar-refractivity contribution is -0.870. The van der Waals surface area contributed by atoms with Crippen molar-refractivity contribution in [3.05, 3.63) is 146 Å². The molecule has 0 fully saturated rings. The Morgan fingerprint density at radius 3 is 1.09 bits per heavy atom. The Bertz CT molecular complexity index is 1730. The molecule has 0 aliphatic carbocycles. The number of carboxylic acids is 1. The van der Waals surface area contributed by atoms with Gasteiger partial charge in [0, 0.05) is 12.8 Å². The molecule has 0 saturated heterocycles. The Kier molecular flexibility index (Phi) is 51.8. The van der Waals surface area contributed by atoms with Crippen LogP contribution in [-0.2, 0) is 33.3 Å². The third-order valence-electron chi connectivity index (χ3n) is 11.6. The summed E-state index contributed by atoms with van der Waals surface area (Å²) in [6.45, 7) is 4.43. The number of carbonyl (C=O) groups excluding carboxylic acids is 3. The fourth-order valence-electron chi connectivity index (χ4n) is 7.19. The fourth-order valence-corrected chi connectivity index (χ4v) is 7.19. The third kappa shape index (κ3) is 56.7. The van der Waals surface area contributed by atoms with Gasteiger partial charge in [-0.3, -0.25) is 9.59 Å². The molecular formula is C66H105NO8. The number of hydrogen-bond acceptors (Lipinski definition) is 8. The second-order valence-electron chi connectivity index (χ2n) is 19.8. The van der Waals surface area contributed by atoms with Crippen LogP contribution in [-0.4, -0.2) is 82.3 Å². The monoisotopic (exact) mass is 1040 g/mol. The summed E-state index contributed by atoms with van der Waals surface area (Å²) in [7, 11) is 5.89. The SMILES string of the molecule is CC/C=C\C/C=C\C/C=C\C/C=C\C/C=C\C/C=C\C/C=C\C/C=C\CCCCCCCCCCCCC(=O)OC(COC(=O)CCCC/C=C\C/C=C\C/C=C\C/C=C\CC)COC(OCC[N+](C)(C)C)C(=O)[O-]. The summed E-state index contributed by atoms with van der Waals surface area (Å²) < 4.78 is 22.6. The number of likely N-dealkylation sites (N-methyl/N-ethyl adjacent to an activating group) is 1. The van der Waals surface area contributed by atoms with Crippen LogP contribution in [0.25, 0.3) is 0 Å². The highest BCUT2D eigenvalue weighted by molar-refractivity contribution is 5.70. The zero-order chi connectivity index (χ0) is 54.8. The van der Waals surface area contributed by atoms with Crippen molar-refractivity contribution in [1.82, 2.24) is 0 Å². The molecule has 0 aliphatic rings. The number of aliphatic carboxylic acids is 1. The second-order valence-corrected chi connectivity index (χ2v) is 19.8. The molecule has 75 heavy (non-hydrogen) atoms. The van der Waals surface area contributed by atoms with Crippen LogP contribution in [0.2, 0.25) is 0 Å². The first-order valence-electron chi connectivity index (χ1n) is 29.0. The lowest BCUT2D eigenvalue weighted by Crippen LogP contribution is -2.44. The van der Waals surface area contributed by atoms with Crippen LogP contribution in [0, 0.1) is 0 Å². The number of quaternary nitrogens is 1. The Labute approximate surface area is 458 Å². The molecule has 0 saturated carbocycles. The number of allylic oxidation sites excluding steroid dienone is 24. The van der Waals surface area contributed by atoms with E-state index in [1.54, 1.807) is 0 Å². The minimum atomic E-state index is -1.64. The van der Waals surface area contributed by atoms with E-state index in [1.807, 2.05) is 21.1 Å². The van der Waals surface area contributed by atoms with Crippen molar-refractivity contribution in [2.24, 2.45) is 0 Å². The van der Waals surface area contributed by atoms with E-state index in [2.05, 4.69) is 160 Å². The zero-order valence-corrected chi connectivity index (χ0v) is 47.9. The molecule has 0 amide bonds. The summed E-state index contributed by atoms with van der Waals surface area (Å²) in [6, 6.07) is 0. The Balaban J connectivity index is 4.25. The van der Waals surface area contributed by atoms with Crippen molar-refractivity contribution in [2.45, 2.75) is 206 Å². The van der Waals surface area contributed by atoms with Gasteiger partial charge in [-0.2, -0.15) is 0 Å². The molecule has 2 unspecified atom stereocenters. The lowest BCUT2D eigenvalue weighted by atomic mass is 10.0. The van der Waals surface area contributed by atoms with Crippen LogP contribution in [0.15, 0.2) is 146 Å². The van der Waals surface area contributed by atoms with E-state index in [0.29, 0.717) is 23.9 Å². The van der Waals surface area contributed by atoms with Gasteiger partial charge in [-0.1, -0.05) is 211 Å². The van der Waals surface area contributed by atoms with Crippen molar-refractivity contribution in [3.63, 3.8) is 0 Å². The van der Waals surface area contributed by atoms with Crippen molar-refractivity contribution in [3.8, 4) is 0 Å². The normalized spacial score (nSPS) is 13.9. The fraction of sp³-hybridized carbons (Fsp3) is 0.591. The van der Waals surface area contributed by atoms with Crippen LogP contribution >= 0.6 is 0 Å². The molecule has 0 radical (unpaired) electrons. The highest BCUT2D eigenvalue weighted by Crippen LogP contribution is 2.14. The summed E-state index contributed by atoms with van der Waals surface area (Å²) >= 11 is 0. The highest BCUT2D eigenvalue weighted by Gasteiger charge is 2.22. The molecule has 9 heteroatoms. The van der Waals surface area contributed by atoms with Gasteiger partial charge >= 0.3 is 11.9 Å². The zero-order valence-electron chi connectivity index (χ0n) is 47.9. The first-order valence-corrected chi connectivity index (χ1v) is 29.0. The maximum atomic E-state index is 12.9. The summed E-state index contributed by atoms with van der Waals surface area (Å²) in [5.41, 5.74) is 0. The summed E-state index contributed by atoms with van der Waals surface area (Å²) in [5, 5.41) is 11.8. The van der Waals surface area contributed by atoms with E-state index < -0.39 is 30.3 Å². The number of carboxylic acid groups (broad SMARTS) is 1. The standard InChI is InChI=1S/C66H105NO8/c1-6-8-10-12-14-16-18-20-22-23-24-25-26-27-28-29-30-31-32-33-34-35-36-37-38-39-40-41-43-45-47-49-51-53-55-57-64(69)75-62(61-74-66(65(70)71)72-59-58-67(3,4)5)60-73-63(68)56-54-52-50-48-46-44-42-21-19-17-15-13-11-9-7-2/h8-11,14-17,20-22,24-25,27-28,30-31,33-34,36-37,42,46,48,62,66H,6-7,12-13,18-19,23,26,29,32,35,38-41,43-45,47,49-61H2,1-5H3/b10-8-,11-9-,16-14-,17-15-,22-20-,25-24-,28-27-,31-30-,34-33-,37-36-,42-21-,48-46-. The number of esters is 2. The molecule has 0 rings (SSSR count). The van der Waals surface area contributed by atoms with Gasteiger partial charge in [-0.05, 0) is 116 Å². The lowest BCUT2D eigenvalue weighted by Gasteiger charge is -2.26. The van der Waals surface area contributed by atoms with Crippen LogP contribution in [0.5, 0.6) is 0 Å². The summed E-state index contributed by atoms with van der Waals surface area (Å²) in [6.07, 6.45) is 77.6. The van der Waals surface area contributed by atoms with Gasteiger partial charge in [-0.15, -0.1) is 0 Å². The largest absolute Gasteiger partial charge is 0.545 e. The van der Waals surface area contributed by atoms with E-state index in [-0.39, 0.29) is 32.7 Å². The van der Waals surface area contributed by atoms with Gasteiger partial charge in [0.15, 0.2) is 12.4 Å². The van der Waals surface area contributed by atoms with E-state index >= 15 is 0 Å². The van der Waals surface area contributed by atoms with Crippen molar-refractivity contribution in [1.29, 1.82) is 0 Å². The van der Waals surface area contributed by atoms with Crippen LogP contribution < -0.4 is 5.11 Å². The first kappa shape index (κ1) is 70.2. The second kappa shape index (κ2) is 55.4. The molecule has 0 aromatic heterocycles. The summed E-state index contributed by atoms with van der Waals surface area (Å²) in [5.74, 6) is -2.36. The van der Waals surface area contributed by atoms with Crippen molar-refractivity contribution < 1.29 is 42.9 Å². The van der Waals surface area contributed by atoms with E-state index in [4.69, 9.17) is 18.9 Å². The van der Waals surface area contributed by atoms with Crippen LogP contribution in [0.3, 0.4) is 0 Å².